The third-order valence-corrected chi connectivity index (χ3v) is 6.97. The van der Waals surface area contributed by atoms with E-state index >= 15 is 0 Å². The van der Waals surface area contributed by atoms with Gasteiger partial charge in [0, 0.05) is 31.8 Å². The maximum Gasteiger partial charge on any atom is 0.249 e. The number of hydrogen-bond donors (Lipinski definition) is 2. The van der Waals surface area contributed by atoms with Gasteiger partial charge in [0.2, 0.25) is 5.91 Å². The van der Waals surface area contributed by atoms with Gasteiger partial charge in [-0.15, -0.1) is 0 Å². The van der Waals surface area contributed by atoms with Crippen molar-refractivity contribution >= 4 is 5.91 Å². The van der Waals surface area contributed by atoms with Crippen LogP contribution in [0.5, 0.6) is 0 Å². The zero-order valence-corrected chi connectivity index (χ0v) is 21.1. The number of fused-ring (bicyclic) bond motifs is 15. The molecule has 4 nitrogen and oxygen atoms in total. The van der Waals surface area contributed by atoms with Gasteiger partial charge in [-0.2, -0.15) is 0 Å². The van der Waals surface area contributed by atoms with Gasteiger partial charge in [0.15, 0.2) is 0 Å². The first kappa shape index (κ1) is 25.3. The van der Waals surface area contributed by atoms with E-state index in [4.69, 9.17) is 1.37 Å². The Morgan fingerprint density at radius 3 is 2.03 bits per heavy atom. The molecular weight excluding hydrogens is 396 g/mol. The van der Waals surface area contributed by atoms with Gasteiger partial charge in [-0.05, 0) is 43.6 Å². The van der Waals surface area contributed by atoms with Crippen LogP contribution in [0.2, 0.25) is 0 Å². The number of carbonyl (C=O) groups excluding carboxylic acids is 1. The molecule has 0 saturated heterocycles. The Balaban J connectivity index is 2.28. The van der Waals surface area contributed by atoms with E-state index in [-0.39, 0.29) is 24.5 Å². The lowest BCUT2D eigenvalue weighted by atomic mass is 9.91. The van der Waals surface area contributed by atoms with Crippen molar-refractivity contribution in [1.82, 2.24) is 10.2 Å². The van der Waals surface area contributed by atoms with Crippen molar-refractivity contribution in [3.05, 3.63) is 23.0 Å². The summed E-state index contributed by atoms with van der Waals surface area (Å²) in [4.78, 5) is 15.8. The van der Waals surface area contributed by atoms with E-state index < -0.39 is 6.40 Å². The number of aliphatic hydroxyl groups excluding tert-OH is 1. The normalized spacial score (nSPS) is 23.9. The summed E-state index contributed by atoms with van der Waals surface area (Å²) in [5.41, 5.74) is 2.74. The molecule has 2 N–H and O–H groups in total. The molecule has 2 aliphatic heterocycles. The quantitative estimate of drug-likeness (QED) is 0.468. The molecule has 0 unspecified atom stereocenters. The van der Waals surface area contributed by atoms with Crippen LogP contribution in [0.3, 0.4) is 0 Å². The Morgan fingerprint density at radius 2 is 1.53 bits per heavy atom. The van der Waals surface area contributed by atoms with Crippen LogP contribution in [-0.4, -0.2) is 35.1 Å². The molecule has 3 rings (SSSR count). The third-order valence-electron chi connectivity index (χ3n) is 6.97. The molecule has 3 aliphatic rings. The lowest BCUT2D eigenvalue weighted by Gasteiger charge is -2.33. The van der Waals surface area contributed by atoms with Gasteiger partial charge in [-0.3, -0.25) is 4.79 Å². The molecule has 2 heterocycles. The van der Waals surface area contributed by atoms with Crippen LogP contribution in [0, 0.1) is 5.92 Å². The number of aliphatic hydroxyl groups is 1. The standard InChI is InChI=1S/C28H50N2O2/c1-4-19-30-21-24-17-15-13-11-9-7-5-6-8-10-12-14-16-18-27(30)25(20-24)28(32)29-26(22-31)23(2)3/h21,23,26,31H,4-20,22H2,1-3H3,(H,29,32)/t26-/m1/s1/i20D/t20-,26+/m0. The molecule has 0 spiro atoms. The number of carbonyl (C=O) groups is 1. The number of rotatable bonds is 6. The number of nitrogens with zero attached hydrogens (tertiary/aromatic N) is 1. The fourth-order valence-corrected chi connectivity index (χ4v) is 4.85. The van der Waals surface area contributed by atoms with Crippen LogP contribution in [0.15, 0.2) is 23.0 Å². The smallest absolute Gasteiger partial charge is 0.249 e. The molecule has 0 fully saturated rings. The van der Waals surface area contributed by atoms with E-state index in [1.807, 2.05) is 13.8 Å². The highest BCUT2D eigenvalue weighted by atomic mass is 16.3. The summed E-state index contributed by atoms with van der Waals surface area (Å²) in [6.45, 7) is 7.01. The summed E-state index contributed by atoms with van der Waals surface area (Å²) in [7, 11) is 0. The van der Waals surface area contributed by atoms with Gasteiger partial charge < -0.3 is 15.3 Å². The molecule has 32 heavy (non-hydrogen) atoms. The van der Waals surface area contributed by atoms with E-state index in [0.29, 0.717) is 5.57 Å². The second kappa shape index (κ2) is 15.5. The van der Waals surface area contributed by atoms with Crippen molar-refractivity contribution < 1.29 is 11.3 Å². The lowest BCUT2D eigenvalue weighted by molar-refractivity contribution is -0.119. The SMILES string of the molecule is [2H][C@H]1C2=CN(CCC)C(=C1C(=O)N[C@H](CO)C(C)C)CCCCCCCCCCCCCC2. The van der Waals surface area contributed by atoms with E-state index in [2.05, 4.69) is 23.3 Å². The van der Waals surface area contributed by atoms with Crippen LogP contribution in [0.4, 0.5) is 0 Å². The van der Waals surface area contributed by atoms with Crippen LogP contribution >= 0.6 is 0 Å². The highest BCUT2D eigenvalue weighted by Gasteiger charge is 2.26. The summed E-state index contributed by atoms with van der Waals surface area (Å²) in [6.07, 6.45) is 19.5. The predicted octanol–water partition coefficient (Wildman–Crippen LogP) is 6.85. The molecular formula is C28H50N2O2. The maximum absolute atomic E-state index is 13.5. The Bertz CT molecular complexity index is 644. The molecule has 2 atom stereocenters. The summed E-state index contributed by atoms with van der Waals surface area (Å²) < 4.78 is 9.07. The second-order valence-corrected chi connectivity index (χ2v) is 10.2. The molecule has 0 aromatic rings. The van der Waals surface area contributed by atoms with E-state index in [1.54, 1.807) is 0 Å². The van der Waals surface area contributed by atoms with Crippen LogP contribution in [0.25, 0.3) is 0 Å². The van der Waals surface area contributed by atoms with Crippen LogP contribution in [0.1, 0.15) is 125 Å². The number of hydrogen-bond acceptors (Lipinski definition) is 3. The van der Waals surface area contributed by atoms with Crippen molar-refractivity contribution in [2.24, 2.45) is 5.92 Å². The Kier molecular flexibility index (Phi) is 12.3. The minimum atomic E-state index is -0.599. The van der Waals surface area contributed by atoms with Gasteiger partial charge in [0.1, 0.15) is 0 Å². The maximum atomic E-state index is 13.5. The van der Waals surface area contributed by atoms with E-state index in [1.165, 1.54) is 64.2 Å². The predicted molar refractivity (Wildman–Crippen MR) is 135 cm³/mol. The summed E-state index contributed by atoms with van der Waals surface area (Å²) in [6, 6.07) is -0.280. The first-order valence-corrected chi connectivity index (χ1v) is 13.5. The average molecular weight is 448 g/mol. The van der Waals surface area contributed by atoms with Crippen molar-refractivity contribution in [1.29, 1.82) is 0 Å². The molecule has 184 valence electrons. The number of nitrogens with one attached hydrogen (secondary N) is 1. The Labute approximate surface area is 199 Å². The first-order valence-electron chi connectivity index (χ1n) is 14.1. The van der Waals surface area contributed by atoms with E-state index in [9.17, 15) is 9.90 Å². The zero-order chi connectivity index (χ0) is 24.1. The molecule has 1 amide bonds. The molecule has 0 aromatic heterocycles. The minimum absolute atomic E-state index is 0.0734. The zero-order valence-electron chi connectivity index (χ0n) is 22.1. The van der Waals surface area contributed by atoms with Crippen molar-refractivity contribution in [3.63, 3.8) is 0 Å². The second-order valence-electron chi connectivity index (χ2n) is 10.2. The fraction of sp³-hybridized carbons (Fsp3) is 0.821. The van der Waals surface area contributed by atoms with Gasteiger partial charge in [-0.1, -0.05) is 85.0 Å². The van der Waals surface area contributed by atoms with Gasteiger partial charge >= 0.3 is 0 Å². The molecule has 0 saturated carbocycles. The Morgan fingerprint density at radius 1 is 1.00 bits per heavy atom. The highest BCUT2D eigenvalue weighted by Crippen LogP contribution is 2.32. The molecule has 2 bridgehead atoms. The summed E-state index contributed by atoms with van der Waals surface area (Å²) in [5, 5.41) is 12.8. The Hall–Kier alpha value is -1.29. The molecule has 4 heteroatoms. The average Bonchev–Trinajstić information content (AvgIpc) is 2.79. The lowest BCUT2D eigenvalue weighted by Crippen LogP contribution is -2.43. The van der Waals surface area contributed by atoms with Gasteiger partial charge in [-0.25, -0.2) is 0 Å². The van der Waals surface area contributed by atoms with Crippen LogP contribution < -0.4 is 5.32 Å². The fourth-order valence-electron chi connectivity index (χ4n) is 4.85. The number of amides is 1. The topological polar surface area (TPSA) is 52.6 Å². The molecule has 1 aliphatic carbocycles. The van der Waals surface area contributed by atoms with Crippen molar-refractivity contribution in [3.8, 4) is 0 Å². The van der Waals surface area contributed by atoms with Crippen LogP contribution in [-0.2, 0) is 4.79 Å². The largest absolute Gasteiger partial charge is 0.394 e. The first-order chi connectivity index (χ1) is 16.0. The molecule has 0 radical (unpaired) electrons. The number of allylic oxidation sites excluding steroid dienone is 2. The van der Waals surface area contributed by atoms with E-state index in [0.717, 1.165) is 49.9 Å². The van der Waals surface area contributed by atoms with Crippen molar-refractivity contribution in [2.75, 3.05) is 13.2 Å². The van der Waals surface area contributed by atoms with Gasteiger partial charge in [0.25, 0.3) is 0 Å². The van der Waals surface area contributed by atoms with Gasteiger partial charge in [0.05, 0.1) is 12.6 Å². The molecule has 0 aromatic carbocycles. The third kappa shape index (κ3) is 9.29. The highest BCUT2D eigenvalue weighted by molar-refractivity contribution is 5.95. The minimum Gasteiger partial charge on any atom is -0.394 e. The van der Waals surface area contributed by atoms with Crippen molar-refractivity contribution in [2.45, 2.75) is 130 Å². The summed E-state index contributed by atoms with van der Waals surface area (Å²) in [5.74, 6) is -0.00468. The summed E-state index contributed by atoms with van der Waals surface area (Å²) >= 11 is 0. The monoisotopic (exact) mass is 447 g/mol.